The van der Waals surface area contributed by atoms with E-state index in [1.807, 2.05) is 0 Å². The molecule has 0 aromatic heterocycles. The van der Waals surface area contributed by atoms with E-state index in [9.17, 15) is 0 Å². The lowest BCUT2D eigenvalue weighted by atomic mass is 9.94. The SMILES string of the molecule is CC(C)CC(C)CCCC(C)O[Si](C)(C)OC(C)CCCC(C)CC(C)C. The van der Waals surface area contributed by atoms with Gasteiger partial charge in [0.25, 0.3) is 0 Å². The maximum Gasteiger partial charge on any atom is 0.332 e. The average Bonchev–Trinajstić information content (AvgIpc) is 2.43. The van der Waals surface area contributed by atoms with Gasteiger partial charge in [-0.2, -0.15) is 0 Å². The van der Waals surface area contributed by atoms with Crippen molar-refractivity contribution in [3.05, 3.63) is 0 Å². The van der Waals surface area contributed by atoms with Crippen molar-refractivity contribution in [3.63, 3.8) is 0 Å². The van der Waals surface area contributed by atoms with Gasteiger partial charge < -0.3 is 8.85 Å². The Balaban J connectivity index is 4.01. The Hall–Kier alpha value is 0.137. The van der Waals surface area contributed by atoms with Gasteiger partial charge in [0.05, 0.1) is 0 Å². The van der Waals surface area contributed by atoms with Gasteiger partial charge in [-0.3, -0.25) is 0 Å². The van der Waals surface area contributed by atoms with E-state index in [2.05, 4.69) is 68.5 Å². The van der Waals surface area contributed by atoms with Crippen molar-refractivity contribution in [2.24, 2.45) is 23.7 Å². The summed E-state index contributed by atoms with van der Waals surface area (Å²) in [6.45, 7) is 22.9. The highest BCUT2D eigenvalue weighted by atomic mass is 28.4. The summed E-state index contributed by atoms with van der Waals surface area (Å²) in [4.78, 5) is 0. The van der Waals surface area contributed by atoms with Crippen LogP contribution in [0, 0.1) is 23.7 Å². The van der Waals surface area contributed by atoms with Crippen LogP contribution in [0.5, 0.6) is 0 Å². The van der Waals surface area contributed by atoms with Gasteiger partial charge in [0.15, 0.2) is 0 Å². The van der Waals surface area contributed by atoms with Crippen molar-refractivity contribution in [1.29, 1.82) is 0 Å². The van der Waals surface area contributed by atoms with Crippen molar-refractivity contribution in [2.45, 2.75) is 132 Å². The lowest BCUT2D eigenvalue weighted by Crippen LogP contribution is -2.41. The van der Waals surface area contributed by atoms with Gasteiger partial charge in [0.1, 0.15) is 0 Å². The van der Waals surface area contributed by atoms with E-state index >= 15 is 0 Å². The first kappa shape index (κ1) is 27.1. The molecule has 0 heterocycles. The minimum Gasteiger partial charge on any atom is -0.392 e. The molecular formula is C24H52O2Si. The third-order valence-electron chi connectivity index (χ3n) is 5.33. The molecule has 3 heteroatoms. The summed E-state index contributed by atoms with van der Waals surface area (Å²) in [5.74, 6) is 3.28. The topological polar surface area (TPSA) is 18.5 Å². The Bertz CT molecular complexity index is 322. The first-order valence-electron chi connectivity index (χ1n) is 11.8. The lowest BCUT2D eigenvalue weighted by molar-refractivity contribution is 0.0884. The van der Waals surface area contributed by atoms with Crippen molar-refractivity contribution in [3.8, 4) is 0 Å². The molecule has 0 radical (unpaired) electrons. The van der Waals surface area contributed by atoms with Crippen LogP contribution in [-0.2, 0) is 8.85 Å². The predicted octanol–water partition coefficient (Wildman–Crippen LogP) is 8.20. The van der Waals surface area contributed by atoms with Crippen LogP contribution in [0.3, 0.4) is 0 Å². The first-order chi connectivity index (χ1) is 12.4. The van der Waals surface area contributed by atoms with Gasteiger partial charge in [-0.05, 0) is 76.3 Å². The average molecular weight is 401 g/mol. The minimum atomic E-state index is -2.04. The Morgan fingerprint density at radius 2 is 0.889 bits per heavy atom. The van der Waals surface area contributed by atoms with Gasteiger partial charge in [-0.25, -0.2) is 0 Å². The molecule has 0 aromatic carbocycles. The highest BCUT2D eigenvalue weighted by molar-refractivity contribution is 6.64. The zero-order valence-corrected chi connectivity index (χ0v) is 21.4. The Labute approximate surface area is 173 Å². The predicted molar refractivity (Wildman–Crippen MR) is 124 cm³/mol. The summed E-state index contributed by atoms with van der Waals surface area (Å²) in [7, 11) is -2.04. The fourth-order valence-corrected chi connectivity index (χ4v) is 6.70. The lowest BCUT2D eigenvalue weighted by Gasteiger charge is -2.30. The molecule has 0 saturated carbocycles. The van der Waals surface area contributed by atoms with Crippen LogP contribution in [0.4, 0.5) is 0 Å². The fraction of sp³-hybridized carbons (Fsp3) is 1.00. The van der Waals surface area contributed by atoms with Crippen LogP contribution in [0.2, 0.25) is 13.1 Å². The standard InChI is InChI=1S/C24H52O2Si/c1-19(2)17-21(5)13-11-15-23(7)25-27(9,10)26-24(8)16-12-14-22(6)18-20(3)4/h19-24H,11-18H2,1-10H3. The number of rotatable bonds is 16. The van der Waals surface area contributed by atoms with Crippen LogP contribution in [0.25, 0.3) is 0 Å². The summed E-state index contributed by atoms with van der Waals surface area (Å²) >= 11 is 0. The molecule has 4 unspecified atom stereocenters. The molecule has 4 atom stereocenters. The first-order valence-corrected chi connectivity index (χ1v) is 14.6. The maximum atomic E-state index is 6.37. The Kier molecular flexibility index (Phi) is 14.2. The van der Waals surface area contributed by atoms with Crippen LogP contribution < -0.4 is 0 Å². The van der Waals surface area contributed by atoms with Gasteiger partial charge in [0.2, 0.25) is 0 Å². The van der Waals surface area contributed by atoms with Crippen molar-refractivity contribution >= 4 is 8.56 Å². The van der Waals surface area contributed by atoms with Gasteiger partial charge in [-0.1, -0.05) is 67.2 Å². The van der Waals surface area contributed by atoms with Crippen LogP contribution >= 0.6 is 0 Å². The van der Waals surface area contributed by atoms with E-state index < -0.39 is 8.56 Å². The van der Waals surface area contributed by atoms with Gasteiger partial charge in [0, 0.05) is 12.2 Å². The Morgan fingerprint density at radius 1 is 0.556 bits per heavy atom. The highest BCUT2D eigenvalue weighted by Crippen LogP contribution is 2.22. The van der Waals surface area contributed by atoms with Crippen LogP contribution in [0.15, 0.2) is 0 Å². The third kappa shape index (κ3) is 16.8. The molecular weight excluding hydrogens is 348 g/mol. The molecule has 0 bridgehead atoms. The molecule has 0 rings (SSSR count). The molecule has 0 aliphatic carbocycles. The molecule has 164 valence electrons. The smallest absolute Gasteiger partial charge is 0.332 e. The van der Waals surface area contributed by atoms with Gasteiger partial charge >= 0.3 is 8.56 Å². The molecule has 27 heavy (non-hydrogen) atoms. The normalized spacial score (nSPS) is 17.3. The minimum absolute atomic E-state index is 0.316. The van der Waals surface area contributed by atoms with E-state index in [1.54, 1.807) is 0 Å². The molecule has 2 nitrogen and oxygen atoms in total. The molecule has 0 fully saturated rings. The zero-order chi connectivity index (χ0) is 21.0. The second kappa shape index (κ2) is 14.2. The second-order valence-corrected chi connectivity index (χ2v) is 13.9. The quantitative estimate of drug-likeness (QED) is 0.243. The largest absolute Gasteiger partial charge is 0.392 e. The van der Waals surface area contributed by atoms with Crippen molar-refractivity contribution in [2.75, 3.05) is 0 Å². The molecule has 0 spiro atoms. The summed E-state index contributed by atoms with van der Waals surface area (Å²) in [5, 5.41) is 0. The monoisotopic (exact) mass is 400 g/mol. The van der Waals surface area contributed by atoms with Crippen molar-refractivity contribution < 1.29 is 8.85 Å². The fourth-order valence-electron chi connectivity index (χ4n) is 4.47. The van der Waals surface area contributed by atoms with Crippen LogP contribution in [-0.4, -0.2) is 20.8 Å². The molecule has 0 aliphatic rings. The zero-order valence-electron chi connectivity index (χ0n) is 20.4. The van der Waals surface area contributed by atoms with E-state index in [0.717, 1.165) is 36.5 Å². The van der Waals surface area contributed by atoms with E-state index in [-0.39, 0.29) is 0 Å². The summed E-state index contributed by atoms with van der Waals surface area (Å²) in [6.07, 6.45) is 10.8. The molecule has 0 N–H and O–H groups in total. The third-order valence-corrected chi connectivity index (χ3v) is 7.27. The molecule has 0 aromatic rings. The van der Waals surface area contributed by atoms with Crippen molar-refractivity contribution in [1.82, 2.24) is 0 Å². The van der Waals surface area contributed by atoms with Gasteiger partial charge in [-0.15, -0.1) is 0 Å². The summed E-state index contributed by atoms with van der Waals surface area (Å²) in [5.41, 5.74) is 0. The highest BCUT2D eigenvalue weighted by Gasteiger charge is 2.29. The maximum absolute atomic E-state index is 6.37. The molecule has 0 saturated heterocycles. The number of hydrogen-bond acceptors (Lipinski definition) is 2. The molecule has 0 aliphatic heterocycles. The summed E-state index contributed by atoms with van der Waals surface area (Å²) < 4.78 is 12.7. The second-order valence-electron chi connectivity index (χ2n) is 10.6. The van der Waals surface area contributed by atoms with E-state index in [1.165, 1.54) is 38.5 Å². The molecule has 0 amide bonds. The summed E-state index contributed by atoms with van der Waals surface area (Å²) in [6, 6.07) is 0. The number of hydrogen-bond donors (Lipinski definition) is 0. The van der Waals surface area contributed by atoms with E-state index in [0.29, 0.717) is 12.2 Å². The Morgan fingerprint density at radius 3 is 1.19 bits per heavy atom. The van der Waals surface area contributed by atoms with E-state index in [4.69, 9.17) is 8.85 Å². The van der Waals surface area contributed by atoms with Crippen LogP contribution in [0.1, 0.15) is 107 Å².